The molecule has 0 bridgehead atoms. The minimum atomic E-state index is -0.412. The third kappa shape index (κ3) is 7.47. The summed E-state index contributed by atoms with van der Waals surface area (Å²) < 4.78 is 5.63. The van der Waals surface area contributed by atoms with Crippen LogP contribution in [0, 0.1) is 5.92 Å². The lowest BCUT2D eigenvalue weighted by molar-refractivity contribution is -0.117. The monoisotopic (exact) mass is 412 g/mol. The van der Waals surface area contributed by atoms with Gasteiger partial charge in [0.1, 0.15) is 11.4 Å². The number of carbonyl (C=O) groups is 2. The standard InChI is InChI=1S/C23H25ClN2O3/c1-4-13-25-23(28)21(14-17-5-9-19(24)10-6-17)26-22(27)18-7-11-20(12-8-18)29-15-16(2)3/h4-12,14,16H,1,13,15H2,2-3H3,(H,25,28)(H,26,27). The maximum absolute atomic E-state index is 12.6. The number of hydrogen-bond donors (Lipinski definition) is 2. The van der Waals surface area contributed by atoms with Gasteiger partial charge in [-0.3, -0.25) is 9.59 Å². The highest BCUT2D eigenvalue weighted by Gasteiger charge is 2.14. The van der Waals surface area contributed by atoms with Crippen LogP contribution in [-0.2, 0) is 4.79 Å². The van der Waals surface area contributed by atoms with Crippen molar-refractivity contribution in [1.29, 1.82) is 0 Å². The summed E-state index contributed by atoms with van der Waals surface area (Å²) in [5, 5.41) is 5.93. The quantitative estimate of drug-likeness (QED) is 0.472. The van der Waals surface area contributed by atoms with Crippen molar-refractivity contribution in [1.82, 2.24) is 10.6 Å². The fourth-order valence-electron chi connectivity index (χ4n) is 2.30. The molecule has 0 aliphatic heterocycles. The van der Waals surface area contributed by atoms with Crippen LogP contribution in [0.25, 0.3) is 6.08 Å². The predicted octanol–water partition coefficient (Wildman–Crippen LogP) is 4.45. The van der Waals surface area contributed by atoms with E-state index < -0.39 is 11.8 Å². The first-order valence-electron chi connectivity index (χ1n) is 9.29. The van der Waals surface area contributed by atoms with Crippen LogP contribution in [0.4, 0.5) is 0 Å². The Morgan fingerprint density at radius 3 is 2.34 bits per heavy atom. The molecule has 0 aliphatic carbocycles. The summed E-state index contributed by atoms with van der Waals surface area (Å²) in [6.07, 6.45) is 3.16. The van der Waals surface area contributed by atoms with E-state index in [9.17, 15) is 9.59 Å². The van der Waals surface area contributed by atoms with Gasteiger partial charge in [-0.15, -0.1) is 6.58 Å². The number of rotatable bonds is 9. The first-order chi connectivity index (χ1) is 13.9. The topological polar surface area (TPSA) is 67.4 Å². The molecule has 5 nitrogen and oxygen atoms in total. The molecular formula is C23H25ClN2O3. The molecule has 0 saturated carbocycles. The molecule has 152 valence electrons. The van der Waals surface area contributed by atoms with Crippen molar-refractivity contribution in [3.8, 4) is 5.75 Å². The van der Waals surface area contributed by atoms with E-state index in [-0.39, 0.29) is 12.2 Å². The molecule has 0 fully saturated rings. The van der Waals surface area contributed by atoms with Gasteiger partial charge < -0.3 is 15.4 Å². The number of nitrogens with one attached hydrogen (secondary N) is 2. The second-order valence-electron chi connectivity index (χ2n) is 6.79. The van der Waals surface area contributed by atoms with Crippen LogP contribution in [0.1, 0.15) is 29.8 Å². The molecule has 0 saturated heterocycles. The van der Waals surface area contributed by atoms with Gasteiger partial charge in [0.05, 0.1) is 6.61 Å². The molecule has 2 amide bonds. The van der Waals surface area contributed by atoms with E-state index in [4.69, 9.17) is 16.3 Å². The third-order valence-corrected chi connectivity index (χ3v) is 4.03. The zero-order valence-corrected chi connectivity index (χ0v) is 17.3. The fourth-order valence-corrected chi connectivity index (χ4v) is 2.43. The summed E-state index contributed by atoms with van der Waals surface area (Å²) in [6.45, 7) is 8.59. The molecule has 2 N–H and O–H groups in total. The highest BCUT2D eigenvalue weighted by atomic mass is 35.5. The van der Waals surface area contributed by atoms with Gasteiger partial charge >= 0.3 is 0 Å². The summed E-state index contributed by atoms with van der Waals surface area (Å²) in [4.78, 5) is 25.1. The maximum Gasteiger partial charge on any atom is 0.268 e. The van der Waals surface area contributed by atoms with E-state index in [1.807, 2.05) is 0 Å². The molecule has 2 aromatic rings. The number of carbonyl (C=O) groups excluding carboxylic acids is 2. The van der Waals surface area contributed by atoms with Crippen LogP contribution in [0.2, 0.25) is 5.02 Å². The molecule has 29 heavy (non-hydrogen) atoms. The van der Waals surface area contributed by atoms with Crippen molar-refractivity contribution < 1.29 is 14.3 Å². The Hall–Kier alpha value is -3.05. The summed E-state index contributed by atoms with van der Waals surface area (Å²) in [6, 6.07) is 13.7. The summed E-state index contributed by atoms with van der Waals surface area (Å²) >= 11 is 5.91. The Morgan fingerprint density at radius 2 is 1.76 bits per heavy atom. The minimum absolute atomic E-state index is 0.124. The Labute approximate surface area is 176 Å². The summed E-state index contributed by atoms with van der Waals surface area (Å²) in [7, 11) is 0. The number of benzene rings is 2. The van der Waals surface area contributed by atoms with Gasteiger partial charge in [0.2, 0.25) is 0 Å². The maximum atomic E-state index is 12.6. The smallest absolute Gasteiger partial charge is 0.268 e. The Bertz CT molecular complexity index is 872. The second kappa shape index (κ2) is 11.1. The van der Waals surface area contributed by atoms with Crippen LogP contribution in [0.3, 0.4) is 0 Å². The van der Waals surface area contributed by atoms with Gasteiger partial charge in [-0.25, -0.2) is 0 Å². The number of halogens is 1. The van der Waals surface area contributed by atoms with Crippen LogP contribution in [0.15, 0.2) is 66.9 Å². The Morgan fingerprint density at radius 1 is 1.10 bits per heavy atom. The average Bonchev–Trinajstić information content (AvgIpc) is 2.71. The predicted molar refractivity (Wildman–Crippen MR) is 117 cm³/mol. The van der Waals surface area contributed by atoms with Crippen LogP contribution in [-0.4, -0.2) is 25.0 Å². The normalized spacial score (nSPS) is 11.1. The zero-order valence-electron chi connectivity index (χ0n) is 16.6. The number of amides is 2. The highest BCUT2D eigenvalue weighted by molar-refractivity contribution is 6.30. The first kappa shape index (κ1) is 22.2. The highest BCUT2D eigenvalue weighted by Crippen LogP contribution is 2.15. The van der Waals surface area contributed by atoms with Gasteiger partial charge in [-0.05, 0) is 54.0 Å². The van der Waals surface area contributed by atoms with Crippen LogP contribution in [0.5, 0.6) is 5.75 Å². The largest absolute Gasteiger partial charge is 0.493 e. The van der Waals surface area contributed by atoms with Crippen molar-refractivity contribution in [3.05, 3.63) is 83.0 Å². The van der Waals surface area contributed by atoms with Gasteiger partial charge in [-0.1, -0.05) is 43.7 Å². The molecule has 0 unspecified atom stereocenters. The molecule has 2 aromatic carbocycles. The molecule has 0 radical (unpaired) electrons. The minimum Gasteiger partial charge on any atom is -0.493 e. The van der Waals surface area contributed by atoms with E-state index in [2.05, 4.69) is 31.1 Å². The lowest BCUT2D eigenvalue weighted by Crippen LogP contribution is -2.34. The van der Waals surface area contributed by atoms with Gasteiger partial charge in [0.15, 0.2) is 0 Å². The molecule has 0 heterocycles. The number of hydrogen-bond acceptors (Lipinski definition) is 3. The van der Waals surface area contributed by atoms with E-state index in [0.717, 1.165) is 5.56 Å². The second-order valence-corrected chi connectivity index (χ2v) is 7.23. The SMILES string of the molecule is C=CCNC(=O)C(=Cc1ccc(Cl)cc1)NC(=O)c1ccc(OCC(C)C)cc1. The molecule has 2 rings (SSSR count). The lowest BCUT2D eigenvalue weighted by atomic mass is 10.1. The van der Waals surface area contributed by atoms with Crippen molar-refractivity contribution in [2.24, 2.45) is 5.92 Å². The van der Waals surface area contributed by atoms with Gasteiger partial charge in [-0.2, -0.15) is 0 Å². The Kier molecular flexibility index (Phi) is 8.49. The average molecular weight is 413 g/mol. The first-order valence-corrected chi connectivity index (χ1v) is 9.67. The van der Waals surface area contributed by atoms with E-state index in [1.54, 1.807) is 60.7 Å². The lowest BCUT2D eigenvalue weighted by Gasteiger charge is -2.12. The molecule has 0 aliphatic rings. The number of ether oxygens (including phenoxy) is 1. The van der Waals surface area contributed by atoms with Crippen LogP contribution < -0.4 is 15.4 Å². The third-order valence-electron chi connectivity index (χ3n) is 3.78. The Balaban J connectivity index is 2.16. The van der Waals surface area contributed by atoms with Gasteiger partial charge in [0, 0.05) is 17.1 Å². The molecular weight excluding hydrogens is 388 g/mol. The van der Waals surface area contributed by atoms with Gasteiger partial charge in [0.25, 0.3) is 11.8 Å². The molecule has 6 heteroatoms. The van der Waals surface area contributed by atoms with Crippen molar-refractivity contribution in [2.75, 3.05) is 13.2 Å². The van der Waals surface area contributed by atoms with Crippen molar-refractivity contribution in [3.63, 3.8) is 0 Å². The van der Waals surface area contributed by atoms with Crippen molar-refractivity contribution in [2.45, 2.75) is 13.8 Å². The van der Waals surface area contributed by atoms with E-state index in [0.29, 0.717) is 28.9 Å². The summed E-state index contributed by atoms with van der Waals surface area (Å²) in [5.41, 5.74) is 1.27. The zero-order chi connectivity index (χ0) is 21.2. The fraction of sp³-hybridized carbons (Fsp3) is 0.217. The van der Waals surface area contributed by atoms with E-state index in [1.165, 1.54) is 0 Å². The molecule has 0 spiro atoms. The van der Waals surface area contributed by atoms with Crippen LogP contribution >= 0.6 is 11.6 Å². The molecule has 0 atom stereocenters. The summed E-state index contributed by atoms with van der Waals surface area (Å²) in [5.74, 6) is 0.294. The van der Waals surface area contributed by atoms with Crippen molar-refractivity contribution >= 4 is 29.5 Å². The van der Waals surface area contributed by atoms with E-state index >= 15 is 0 Å². The molecule has 0 aromatic heterocycles.